The van der Waals surface area contributed by atoms with Gasteiger partial charge in [-0.15, -0.1) is 0 Å². The predicted molar refractivity (Wildman–Crippen MR) is 101 cm³/mol. The molecule has 1 amide bonds. The quantitative estimate of drug-likeness (QED) is 0.464. The van der Waals surface area contributed by atoms with E-state index in [0.29, 0.717) is 28.4 Å². The summed E-state index contributed by atoms with van der Waals surface area (Å²) in [6.07, 6.45) is 0. The lowest BCUT2D eigenvalue weighted by Crippen LogP contribution is -2.12. The Morgan fingerprint density at radius 3 is 2.72 bits per heavy atom. The van der Waals surface area contributed by atoms with Crippen LogP contribution >= 0.6 is 27.5 Å². The zero-order valence-electron chi connectivity index (χ0n) is 12.7. The number of aromatic amines is 1. The molecule has 4 aromatic rings. The molecule has 2 heterocycles. The maximum atomic E-state index is 12.7. The van der Waals surface area contributed by atoms with Gasteiger partial charge in [0.1, 0.15) is 5.52 Å². The topological polar surface area (TPSA) is 70.9 Å². The lowest BCUT2D eigenvalue weighted by molar-refractivity contribution is 0.102. The smallest absolute Gasteiger partial charge is 0.257 e. The molecule has 25 heavy (non-hydrogen) atoms. The Morgan fingerprint density at radius 2 is 1.96 bits per heavy atom. The van der Waals surface area contributed by atoms with Crippen LogP contribution in [0.3, 0.4) is 0 Å². The highest BCUT2D eigenvalue weighted by Gasteiger charge is 2.16. The number of imidazole rings is 1. The largest absolute Gasteiger partial charge is 0.441 e. The fourth-order valence-electron chi connectivity index (χ4n) is 2.53. The number of nitrogens with zero attached hydrogens (tertiary/aromatic N) is 1. The molecule has 0 fully saturated rings. The van der Waals surface area contributed by atoms with Gasteiger partial charge in [-0.2, -0.15) is 0 Å². The van der Waals surface area contributed by atoms with Gasteiger partial charge in [0, 0.05) is 4.47 Å². The second kappa shape index (κ2) is 6.38. The van der Waals surface area contributed by atoms with E-state index in [-0.39, 0.29) is 11.1 Å². The Kier molecular flexibility index (Phi) is 4.07. The molecule has 0 saturated carbocycles. The van der Waals surface area contributed by atoms with Crippen LogP contribution < -0.4 is 5.32 Å². The number of fused-ring (bicyclic) bond motifs is 1. The second-order valence-electron chi connectivity index (χ2n) is 5.32. The van der Waals surface area contributed by atoms with E-state index in [4.69, 9.17) is 16.0 Å². The lowest BCUT2D eigenvalue weighted by Gasteiger charge is -2.07. The van der Waals surface area contributed by atoms with E-state index in [1.165, 1.54) is 0 Å². The van der Waals surface area contributed by atoms with Crippen molar-refractivity contribution in [1.82, 2.24) is 9.97 Å². The molecular weight excluding hydrogens is 406 g/mol. The van der Waals surface area contributed by atoms with E-state index in [9.17, 15) is 4.79 Å². The third-order valence-electron chi connectivity index (χ3n) is 3.69. The normalized spacial score (nSPS) is 11.0. The standard InChI is InChI=1S/C18H11BrClN3O2/c19-11-5-1-2-6-12(11)22-18(24)10-4-3-7-13-16(10)23-17(21-13)14-8-9-15(20)25-14/h1-9H,(H,21,23)(H,22,24). The molecule has 0 atom stereocenters. The van der Waals surface area contributed by atoms with Crippen molar-refractivity contribution in [2.75, 3.05) is 5.32 Å². The Hall–Kier alpha value is -2.57. The van der Waals surface area contributed by atoms with Crippen LogP contribution in [0.1, 0.15) is 10.4 Å². The minimum atomic E-state index is -0.243. The van der Waals surface area contributed by atoms with E-state index >= 15 is 0 Å². The van der Waals surface area contributed by atoms with Crippen molar-refractivity contribution in [3.63, 3.8) is 0 Å². The van der Waals surface area contributed by atoms with Crippen molar-refractivity contribution >= 4 is 50.2 Å². The Labute approximate surface area is 156 Å². The van der Waals surface area contributed by atoms with Gasteiger partial charge in [-0.3, -0.25) is 4.79 Å². The van der Waals surface area contributed by atoms with Gasteiger partial charge in [0.15, 0.2) is 16.8 Å². The summed E-state index contributed by atoms with van der Waals surface area (Å²) in [5.74, 6) is 0.787. The van der Waals surface area contributed by atoms with Crippen molar-refractivity contribution in [3.8, 4) is 11.6 Å². The third-order valence-corrected chi connectivity index (χ3v) is 4.58. The number of hydrogen-bond acceptors (Lipinski definition) is 3. The van der Waals surface area contributed by atoms with E-state index in [2.05, 4.69) is 31.2 Å². The first-order valence-electron chi connectivity index (χ1n) is 7.42. The van der Waals surface area contributed by atoms with Crippen LogP contribution in [0.5, 0.6) is 0 Å². The first-order chi connectivity index (χ1) is 12.1. The molecule has 0 spiro atoms. The molecular formula is C18H11BrClN3O2. The van der Waals surface area contributed by atoms with Gasteiger partial charge in [-0.1, -0.05) is 18.2 Å². The number of anilines is 1. The van der Waals surface area contributed by atoms with E-state index < -0.39 is 0 Å². The summed E-state index contributed by atoms with van der Waals surface area (Å²) in [6.45, 7) is 0. The maximum Gasteiger partial charge on any atom is 0.257 e. The highest BCUT2D eigenvalue weighted by Crippen LogP contribution is 2.27. The molecule has 0 aliphatic heterocycles. The van der Waals surface area contributed by atoms with Gasteiger partial charge in [-0.25, -0.2) is 4.98 Å². The van der Waals surface area contributed by atoms with Gasteiger partial charge in [-0.05, 0) is 63.9 Å². The minimum Gasteiger partial charge on any atom is -0.441 e. The third kappa shape index (κ3) is 3.06. The molecule has 5 nitrogen and oxygen atoms in total. The average molecular weight is 417 g/mol. The van der Waals surface area contributed by atoms with E-state index in [1.807, 2.05) is 30.3 Å². The van der Waals surface area contributed by atoms with Crippen LogP contribution in [0.4, 0.5) is 5.69 Å². The summed E-state index contributed by atoms with van der Waals surface area (Å²) in [5, 5.41) is 3.17. The zero-order chi connectivity index (χ0) is 17.4. The summed E-state index contributed by atoms with van der Waals surface area (Å²) >= 11 is 9.24. The van der Waals surface area contributed by atoms with Gasteiger partial charge in [0.05, 0.1) is 16.8 Å². The number of furan rings is 1. The van der Waals surface area contributed by atoms with Crippen molar-refractivity contribution in [2.45, 2.75) is 0 Å². The molecule has 0 bridgehead atoms. The Morgan fingerprint density at radius 1 is 1.12 bits per heavy atom. The fourth-order valence-corrected chi connectivity index (χ4v) is 3.06. The molecule has 124 valence electrons. The second-order valence-corrected chi connectivity index (χ2v) is 6.55. The van der Waals surface area contributed by atoms with Crippen LogP contribution in [-0.2, 0) is 0 Å². The minimum absolute atomic E-state index is 0.243. The average Bonchev–Trinajstić information content (AvgIpc) is 3.22. The number of rotatable bonds is 3. The van der Waals surface area contributed by atoms with Gasteiger partial charge < -0.3 is 14.7 Å². The number of amides is 1. The number of nitrogens with one attached hydrogen (secondary N) is 2. The number of aromatic nitrogens is 2. The van der Waals surface area contributed by atoms with Crippen LogP contribution in [0.2, 0.25) is 5.22 Å². The summed E-state index contributed by atoms with van der Waals surface area (Å²) in [7, 11) is 0. The Balaban J connectivity index is 1.73. The van der Waals surface area contributed by atoms with Crippen LogP contribution in [0.15, 0.2) is 63.5 Å². The van der Waals surface area contributed by atoms with Gasteiger partial charge in [0.25, 0.3) is 5.91 Å². The number of halogens is 2. The van der Waals surface area contributed by atoms with Crippen molar-refractivity contribution in [2.24, 2.45) is 0 Å². The summed E-state index contributed by atoms with van der Waals surface area (Å²) in [4.78, 5) is 20.3. The highest BCUT2D eigenvalue weighted by molar-refractivity contribution is 9.10. The number of carbonyl (C=O) groups excluding carboxylic acids is 1. The molecule has 0 aliphatic carbocycles. The SMILES string of the molecule is O=C(Nc1ccccc1Br)c1cccc2[nH]c(-c3ccc(Cl)o3)nc12. The van der Waals surface area contributed by atoms with Crippen molar-refractivity contribution in [1.29, 1.82) is 0 Å². The summed E-state index contributed by atoms with van der Waals surface area (Å²) < 4.78 is 6.18. The molecule has 0 unspecified atom stereocenters. The summed E-state index contributed by atoms with van der Waals surface area (Å²) in [5.41, 5.74) is 2.46. The molecule has 2 N–H and O–H groups in total. The molecule has 0 saturated heterocycles. The molecule has 2 aromatic heterocycles. The predicted octanol–water partition coefficient (Wildman–Crippen LogP) is 5.49. The zero-order valence-corrected chi connectivity index (χ0v) is 15.1. The molecule has 7 heteroatoms. The number of carbonyl (C=O) groups is 1. The molecule has 2 aromatic carbocycles. The van der Waals surface area contributed by atoms with Crippen LogP contribution in [0, 0.1) is 0 Å². The van der Waals surface area contributed by atoms with E-state index in [0.717, 1.165) is 9.99 Å². The lowest BCUT2D eigenvalue weighted by atomic mass is 10.1. The molecule has 4 rings (SSSR count). The number of benzene rings is 2. The van der Waals surface area contributed by atoms with Crippen molar-refractivity contribution in [3.05, 3.63) is 69.9 Å². The van der Waals surface area contributed by atoms with Crippen LogP contribution in [-0.4, -0.2) is 15.9 Å². The Bertz CT molecular complexity index is 1090. The maximum absolute atomic E-state index is 12.7. The van der Waals surface area contributed by atoms with Gasteiger partial charge >= 0.3 is 0 Å². The van der Waals surface area contributed by atoms with Crippen LogP contribution in [0.25, 0.3) is 22.6 Å². The van der Waals surface area contributed by atoms with Crippen molar-refractivity contribution < 1.29 is 9.21 Å². The van der Waals surface area contributed by atoms with E-state index in [1.54, 1.807) is 24.3 Å². The monoisotopic (exact) mass is 415 g/mol. The number of hydrogen-bond donors (Lipinski definition) is 2. The fraction of sp³-hybridized carbons (Fsp3) is 0. The summed E-state index contributed by atoms with van der Waals surface area (Å²) in [6, 6.07) is 16.2. The van der Waals surface area contributed by atoms with Gasteiger partial charge in [0.2, 0.25) is 0 Å². The first-order valence-corrected chi connectivity index (χ1v) is 8.59. The molecule has 0 aliphatic rings. The number of H-pyrrole nitrogens is 1. The molecule has 0 radical (unpaired) electrons. The number of para-hydroxylation sites is 2. The highest BCUT2D eigenvalue weighted by atomic mass is 79.9. The first kappa shape index (κ1) is 15.9.